The molecule has 0 aliphatic carbocycles. The standard InChI is InChI=1S/C22H21N3O4/c1-2-3-15-29-21-11-8-17(9-12-21)7-10-19-13-14-23-22(24(19)26)18-5-4-6-20(16-18)25(27)28/h4-14,16H,2-3,15H2,1H3/b10-7+. The molecule has 7 heteroatoms. The second-order valence-corrected chi connectivity index (χ2v) is 6.40. The van der Waals surface area contributed by atoms with Crippen LogP contribution in [0.4, 0.5) is 5.69 Å². The van der Waals surface area contributed by atoms with Crippen molar-refractivity contribution in [2.24, 2.45) is 0 Å². The number of nitro benzene ring substituents is 1. The van der Waals surface area contributed by atoms with Crippen LogP contribution in [-0.4, -0.2) is 16.5 Å². The van der Waals surface area contributed by atoms with Gasteiger partial charge in [-0.2, -0.15) is 0 Å². The minimum absolute atomic E-state index is 0.0912. The Morgan fingerprint density at radius 3 is 2.66 bits per heavy atom. The van der Waals surface area contributed by atoms with E-state index in [1.807, 2.05) is 30.3 Å². The second kappa shape index (κ2) is 9.45. The van der Waals surface area contributed by atoms with Crippen LogP contribution in [0.2, 0.25) is 0 Å². The summed E-state index contributed by atoms with van der Waals surface area (Å²) in [6, 6.07) is 15.1. The number of benzene rings is 2. The van der Waals surface area contributed by atoms with Crippen LogP contribution in [0.3, 0.4) is 0 Å². The maximum Gasteiger partial charge on any atom is 0.333 e. The van der Waals surface area contributed by atoms with Gasteiger partial charge in [-0.1, -0.05) is 37.6 Å². The first-order chi connectivity index (χ1) is 14.1. The van der Waals surface area contributed by atoms with Gasteiger partial charge in [0.2, 0.25) is 0 Å². The molecule has 0 spiro atoms. The van der Waals surface area contributed by atoms with Gasteiger partial charge in [-0.05, 0) is 41.2 Å². The lowest BCUT2D eigenvalue weighted by atomic mass is 10.1. The molecule has 148 valence electrons. The van der Waals surface area contributed by atoms with E-state index in [-0.39, 0.29) is 11.5 Å². The molecular weight excluding hydrogens is 370 g/mol. The quantitative estimate of drug-likeness (QED) is 0.183. The van der Waals surface area contributed by atoms with Crippen molar-refractivity contribution in [2.75, 3.05) is 6.61 Å². The average molecular weight is 391 g/mol. The van der Waals surface area contributed by atoms with Crippen molar-refractivity contribution in [1.29, 1.82) is 0 Å². The fourth-order valence-electron chi connectivity index (χ4n) is 2.69. The topological polar surface area (TPSA) is 92.2 Å². The summed E-state index contributed by atoms with van der Waals surface area (Å²) in [6.45, 7) is 2.81. The molecule has 29 heavy (non-hydrogen) atoms. The normalized spacial score (nSPS) is 10.9. The third kappa shape index (κ3) is 5.16. The highest BCUT2D eigenvalue weighted by Gasteiger charge is 2.16. The maximum absolute atomic E-state index is 12.7. The Hall–Kier alpha value is -3.74. The summed E-state index contributed by atoms with van der Waals surface area (Å²) in [4.78, 5) is 14.6. The summed E-state index contributed by atoms with van der Waals surface area (Å²) < 4.78 is 6.30. The van der Waals surface area contributed by atoms with Gasteiger partial charge < -0.3 is 9.94 Å². The molecule has 0 aliphatic rings. The first-order valence-electron chi connectivity index (χ1n) is 9.33. The van der Waals surface area contributed by atoms with Crippen molar-refractivity contribution in [3.05, 3.63) is 87.4 Å². The largest absolute Gasteiger partial charge is 0.710 e. The molecule has 3 aromatic rings. The Kier molecular flexibility index (Phi) is 6.52. The monoisotopic (exact) mass is 391 g/mol. The van der Waals surface area contributed by atoms with Crippen LogP contribution in [-0.2, 0) is 0 Å². The molecule has 1 heterocycles. The predicted octanol–water partition coefficient (Wildman–Crippen LogP) is 4.64. The van der Waals surface area contributed by atoms with Crippen LogP contribution in [0.25, 0.3) is 23.5 Å². The lowest BCUT2D eigenvalue weighted by Gasteiger charge is -2.09. The van der Waals surface area contributed by atoms with Crippen molar-refractivity contribution < 1.29 is 14.4 Å². The number of hydrogen-bond acceptors (Lipinski definition) is 5. The predicted molar refractivity (Wildman–Crippen MR) is 111 cm³/mol. The Morgan fingerprint density at radius 1 is 1.14 bits per heavy atom. The van der Waals surface area contributed by atoms with E-state index < -0.39 is 4.92 Å². The van der Waals surface area contributed by atoms with E-state index in [9.17, 15) is 15.3 Å². The van der Waals surface area contributed by atoms with Gasteiger partial charge in [0.1, 0.15) is 17.6 Å². The minimum Gasteiger partial charge on any atom is -0.710 e. The fourth-order valence-corrected chi connectivity index (χ4v) is 2.69. The number of unbranched alkanes of at least 4 members (excludes halogenated alkanes) is 1. The summed E-state index contributed by atoms with van der Waals surface area (Å²) in [5.74, 6) is 0.918. The van der Waals surface area contributed by atoms with Gasteiger partial charge >= 0.3 is 5.82 Å². The minimum atomic E-state index is -0.502. The van der Waals surface area contributed by atoms with E-state index in [0.29, 0.717) is 22.6 Å². The van der Waals surface area contributed by atoms with E-state index in [0.717, 1.165) is 24.2 Å². The molecule has 0 atom stereocenters. The molecule has 0 bridgehead atoms. The summed E-state index contributed by atoms with van der Waals surface area (Å²) in [5.41, 5.74) is 1.59. The smallest absolute Gasteiger partial charge is 0.333 e. The van der Waals surface area contributed by atoms with Crippen molar-refractivity contribution in [3.8, 4) is 17.1 Å². The van der Waals surface area contributed by atoms with Crippen molar-refractivity contribution in [2.45, 2.75) is 19.8 Å². The molecule has 0 amide bonds. The number of aromatic nitrogens is 2. The number of nitro groups is 1. The molecule has 0 unspecified atom stereocenters. The summed E-state index contributed by atoms with van der Waals surface area (Å²) in [7, 11) is 0. The van der Waals surface area contributed by atoms with Crippen LogP contribution in [0.15, 0.2) is 60.8 Å². The summed E-state index contributed by atoms with van der Waals surface area (Å²) in [5, 5.41) is 23.7. The van der Waals surface area contributed by atoms with Crippen LogP contribution in [0.1, 0.15) is 31.0 Å². The summed E-state index contributed by atoms with van der Waals surface area (Å²) >= 11 is 0. The zero-order chi connectivity index (χ0) is 20.6. The molecule has 0 aliphatic heterocycles. The van der Waals surface area contributed by atoms with Gasteiger partial charge in [0.05, 0.1) is 17.1 Å². The number of ether oxygens (including phenoxy) is 1. The Bertz CT molecular complexity index is 1020. The highest BCUT2D eigenvalue weighted by Crippen LogP contribution is 2.20. The van der Waals surface area contributed by atoms with E-state index in [1.165, 1.54) is 24.4 Å². The number of nitrogens with zero attached hydrogens (tertiary/aromatic N) is 3. The molecule has 0 saturated heterocycles. The van der Waals surface area contributed by atoms with Gasteiger partial charge in [-0.3, -0.25) is 10.1 Å². The molecule has 2 aromatic carbocycles. The van der Waals surface area contributed by atoms with Crippen LogP contribution < -0.4 is 9.47 Å². The van der Waals surface area contributed by atoms with Crippen LogP contribution >= 0.6 is 0 Å². The molecule has 3 rings (SSSR count). The molecule has 7 nitrogen and oxygen atoms in total. The Labute approximate surface area is 168 Å². The second-order valence-electron chi connectivity index (χ2n) is 6.40. The third-order valence-electron chi connectivity index (χ3n) is 4.28. The van der Waals surface area contributed by atoms with E-state index in [2.05, 4.69) is 11.9 Å². The lowest BCUT2D eigenvalue weighted by molar-refractivity contribution is -0.598. The number of non-ortho nitro benzene ring substituents is 1. The van der Waals surface area contributed by atoms with E-state index >= 15 is 0 Å². The Balaban J connectivity index is 1.79. The van der Waals surface area contributed by atoms with E-state index in [1.54, 1.807) is 18.2 Å². The van der Waals surface area contributed by atoms with Crippen molar-refractivity contribution in [1.82, 2.24) is 4.98 Å². The summed E-state index contributed by atoms with van der Waals surface area (Å²) in [6.07, 6.45) is 7.10. The molecule has 0 radical (unpaired) electrons. The SMILES string of the molecule is CCCCOc1ccc(/C=C/c2ccnc(-c3cccc([N+](=O)[O-])c3)[n+]2[O-])cc1. The van der Waals surface area contributed by atoms with Gasteiger partial charge in [0.25, 0.3) is 5.69 Å². The lowest BCUT2D eigenvalue weighted by Crippen LogP contribution is -2.33. The Morgan fingerprint density at radius 2 is 1.93 bits per heavy atom. The van der Waals surface area contributed by atoms with Gasteiger partial charge in [-0.25, -0.2) is 4.73 Å². The van der Waals surface area contributed by atoms with Crippen molar-refractivity contribution >= 4 is 17.8 Å². The van der Waals surface area contributed by atoms with Crippen LogP contribution in [0, 0.1) is 15.3 Å². The van der Waals surface area contributed by atoms with Crippen molar-refractivity contribution in [3.63, 3.8) is 0 Å². The number of hydrogen-bond donors (Lipinski definition) is 0. The highest BCUT2D eigenvalue weighted by molar-refractivity contribution is 5.67. The van der Waals surface area contributed by atoms with Gasteiger partial charge in [0.15, 0.2) is 0 Å². The zero-order valence-corrected chi connectivity index (χ0v) is 16.0. The van der Waals surface area contributed by atoms with E-state index in [4.69, 9.17) is 4.74 Å². The average Bonchev–Trinajstić information content (AvgIpc) is 2.74. The molecular formula is C22H21N3O4. The fraction of sp³-hybridized carbons (Fsp3) is 0.182. The highest BCUT2D eigenvalue weighted by atomic mass is 16.6. The molecule has 0 N–H and O–H groups in total. The zero-order valence-electron chi connectivity index (χ0n) is 16.0. The number of rotatable bonds is 8. The van der Waals surface area contributed by atoms with Gasteiger partial charge in [-0.15, -0.1) is 0 Å². The first kappa shape index (κ1) is 20.0. The molecule has 1 aromatic heterocycles. The van der Waals surface area contributed by atoms with Gasteiger partial charge in [0, 0.05) is 18.2 Å². The third-order valence-corrected chi connectivity index (χ3v) is 4.28. The maximum atomic E-state index is 12.7. The molecule has 0 saturated carbocycles. The first-order valence-corrected chi connectivity index (χ1v) is 9.33. The van der Waals surface area contributed by atoms with Crippen LogP contribution in [0.5, 0.6) is 5.75 Å². The molecule has 0 fully saturated rings.